The summed E-state index contributed by atoms with van der Waals surface area (Å²) in [6.07, 6.45) is 1.85. The Balaban J connectivity index is 1.89. The molecule has 2 aliphatic heterocycles. The van der Waals surface area contributed by atoms with Crippen LogP contribution in [0.1, 0.15) is 50.3 Å². The number of likely N-dealkylation sites (tertiary alicyclic amines) is 1. The molecule has 0 saturated carbocycles. The minimum Gasteiger partial charge on any atom is -0.425 e. The highest BCUT2D eigenvalue weighted by Gasteiger charge is 2.51. The van der Waals surface area contributed by atoms with Crippen LogP contribution in [0.2, 0.25) is 0 Å². The topological polar surface area (TPSA) is 71.7 Å². The number of rotatable bonds is 2. The van der Waals surface area contributed by atoms with Gasteiger partial charge in [0.2, 0.25) is 11.8 Å². The number of hydrogen-bond donors (Lipinski definition) is 0. The Morgan fingerprint density at radius 3 is 2.57 bits per heavy atom. The molecule has 0 N–H and O–H groups in total. The summed E-state index contributed by atoms with van der Waals surface area (Å²) < 4.78 is 11.5. The highest BCUT2D eigenvalue weighted by Crippen LogP contribution is 2.49. The molecular formula is C16H26N4O3. The van der Waals surface area contributed by atoms with Gasteiger partial charge in [0.1, 0.15) is 0 Å². The summed E-state index contributed by atoms with van der Waals surface area (Å²) >= 11 is 0. The van der Waals surface area contributed by atoms with E-state index >= 15 is 0 Å². The maximum absolute atomic E-state index is 12.4. The number of hydrogen-bond acceptors (Lipinski definition) is 5. The number of ether oxygens (including phenoxy) is 1. The average Bonchev–Trinajstić information content (AvgIpc) is 3.12. The smallest absolute Gasteiger partial charge is 0.319 e. The van der Waals surface area contributed by atoms with Crippen LogP contribution in [0.15, 0.2) is 4.42 Å². The van der Waals surface area contributed by atoms with Gasteiger partial charge in [0.25, 0.3) is 0 Å². The lowest BCUT2D eigenvalue weighted by atomic mass is 9.72. The van der Waals surface area contributed by atoms with Crippen LogP contribution in [-0.4, -0.2) is 66.4 Å². The van der Waals surface area contributed by atoms with Crippen molar-refractivity contribution in [1.29, 1.82) is 0 Å². The van der Waals surface area contributed by atoms with Crippen molar-refractivity contribution >= 4 is 6.03 Å². The number of carbonyl (C=O) groups is 1. The van der Waals surface area contributed by atoms with Gasteiger partial charge >= 0.3 is 6.03 Å². The van der Waals surface area contributed by atoms with Crippen molar-refractivity contribution in [2.45, 2.75) is 38.5 Å². The van der Waals surface area contributed by atoms with Crippen LogP contribution in [0.5, 0.6) is 0 Å². The zero-order chi connectivity index (χ0) is 16.6. The zero-order valence-corrected chi connectivity index (χ0v) is 14.4. The van der Waals surface area contributed by atoms with E-state index in [2.05, 4.69) is 10.2 Å². The summed E-state index contributed by atoms with van der Waals surface area (Å²) in [5.41, 5.74) is -0.00922. The molecule has 3 rings (SSSR count). The van der Waals surface area contributed by atoms with Gasteiger partial charge in [0.15, 0.2) is 0 Å². The monoisotopic (exact) mass is 322 g/mol. The Hall–Kier alpha value is -1.63. The molecule has 2 saturated heterocycles. The molecule has 0 bridgehead atoms. The number of nitrogens with zero attached hydrogens (tertiary/aromatic N) is 4. The third-order valence-electron chi connectivity index (χ3n) is 5.04. The highest BCUT2D eigenvalue weighted by molar-refractivity contribution is 5.74. The lowest BCUT2D eigenvalue weighted by molar-refractivity contribution is 0.00965. The van der Waals surface area contributed by atoms with Crippen molar-refractivity contribution in [3.8, 4) is 0 Å². The predicted octanol–water partition coefficient (Wildman–Crippen LogP) is 2.07. The lowest BCUT2D eigenvalue weighted by Crippen LogP contribution is -2.40. The summed E-state index contributed by atoms with van der Waals surface area (Å²) in [4.78, 5) is 16.0. The molecule has 1 unspecified atom stereocenters. The quantitative estimate of drug-likeness (QED) is 0.833. The van der Waals surface area contributed by atoms with Crippen molar-refractivity contribution in [3.63, 3.8) is 0 Å². The molecule has 3 heterocycles. The van der Waals surface area contributed by atoms with Gasteiger partial charge < -0.3 is 19.0 Å². The Kier molecular flexibility index (Phi) is 4.31. The molecule has 1 aromatic rings. The fraction of sp³-hybridized carbons (Fsp3) is 0.812. The summed E-state index contributed by atoms with van der Waals surface area (Å²) in [7, 11) is 3.58. The van der Waals surface area contributed by atoms with E-state index in [1.807, 2.05) is 18.7 Å². The predicted molar refractivity (Wildman–Crippen MR) is 84.3 cm³/mol. The van der Waals surface area contributed by atoms with Crippen molar-refractivity contribution in [2.75, 3.05) is 40.4 Å². The molecule has 1 spiro atoms. The molecule has 2 aliphatic rings. The second kappa shape index (κ2) is 6.11. The molecule has 128 valence electrons. The van der Waals surface area contributed by atoms with Gasteiger partial charge in [0.05, 0.1) is 5.92 Å². The maximum Gasteiger partial charge on any atom is 0.319 e. The Morgan fingerprint density at radius 2 is 2.00 bits per heavy atom. The van der Waals surface area contributed by atoms with E-state index in [1.54, 1.807) is 19.0 Å². The molecule has 23 heavy (non-hydrogen) atoms. The van der Waals surface area contributed by atoms with E-state index < -0.39 is 0 Å². The second-order valence-electron chi connectivity index (χ2n) is 7.22. The van der Waals surface area contributed by atoms with Crippen molar-refractivity contribution in [1.82, 2.24) is 20.0 Å². The van der Waals surface area contributed by atoms with Crippen LogP contribution in [0.3, 0.4) is 0 Å². The van der Waals surface area contributed by atoms with Gasteiger partial charge in [-0.15, -0.1) is 10.2 Å². The van der Waals surface area contributed by atoms with E-state index in [1.165, 1.54) is 0 Å². The first-order chi connectivity index (χ1) is 10.9. The first-order valence-electron chi connectivity index (χ1n) is 8.30. The van der Waals surface area contributed by atoms with Gasteiger partial charge in [-0.05, 0) is 12.8 Å². The van der Waals surface area contributed by atoms with Crippen LogP contribution in [0.4, 0.5) is 4.79 Å². The normalized spacial score (nSPS) is 23.7. The Labute approximate surface area is 137 Å². The SMILES string of the molecule is CC(C)c1nnc(C2CN(C(=O)N(C)C)CC23CCOCC3)o1. The van der Waals surface area contributed by atoms with Gasteiger partial charge in [0, 0.05) is 51.7 Å². The molecule has 0 aromatic carbocycles. The Morgan fingerprint density at radius 1 is 1.30 bits per heavy atom. The molecule has 1 atom stereocenters. The minimum absolute atomic E-state index is 0.00922. The summed E-state index contributed by atoms with van der Waals surface area (Å²) in [6.45, 7) is 6.90. The molecule has 1 aromatic heterocycles. The fourth-order valence-corrected chi connectivity index (χ4v) is 3.64. The molecular weight excluding hydrogens is 296 g/mol. The van der Waals surface area contributed by atoms with Crippen molar-refractivity contribution in [3.05, 3.63) is 11.8 Å². The molecule has 2 amide bonds. The van der Waals surface area contributed by atoms with Gasteiger partial charge in [-0.3, -0.25) is 0 Å². The van der Waals surface area contributed by atoms with Crippen LogP contribution >= 0.6 is 0 Å². The number of urea groups is 1. The van der Waals surface area contributed by atoms with Crippen molar-refractivity contribution < 1.29 is 13.9 Å². The summed E-state index contributed by atoms with van der Waals surface area (Å²) in [5, 5.41) is 8.48. The van der Waals surface area contributed by atoms with Gasteiger partial charge in [-0.2, -0.15) is 0 Å². The van der Waals surface area contributed by atoms with Crippen molar-refractivity contribution in [2.24, 2.45) is 5.41 Å². The number of amides is 2. The van der Waals surface area contributed by atoms with E-state index in [0.29, 0.717) is 18.3 Å². The molecule has 7 heteroatoms. The minimum atomic E-state index is -0.00922. The maximum atomic E-state index is 12.4. The van der Waals surface area contributed by atoms with Crippen LogP contribution in [0, 0.1) is 5.41 Å². The van der Waals surface area contributed by atoms with Crippen LogP contribution in [0.25, 0.3) is 0 Å². The first-order valence-corrected chi connectivity index (χ1v) is 8.30. The van der Waals surface area contributed by atoms with Gasteiger partial charge in [-0.1, -0.05) is 13.8 Å². The summed E-state index contributed by atoms with van der Waals surface area (Å²) in [5.74, 6) is 1.64. The van der Waals surface area contributed by atoms with Crippen LogP contribution in [-0.2, 0) is 4.74 Å². The number of aromatic nitrogens is 2. The van der Waals surface area contributed by atoms with Gasteiger partial charge in [-0.25, -0.2) is 4.79 Å². The number of carbonyl (C=O) groups excluding carboxylic acids is 1. The first kappa shape index (κ1) is 16.2. The highest BCUT2D eigenvalue weighted by atomic mass is 16.5. The molecule has 7 nitrogen and oxygen atoms in total. The third-order valence-corrected chi connectivity index (χ3v) is 5.04. The lowest BCUT2D eigenvalue weighted by Gasteiger charge is -2.36. The van der Waals surface area contributed by atoms with E-state index in [9.17, 15) is 4.79 Å². The summed E-state index contributed by atoms with van der Waals surface area (Å²) in [6, 6.07) is 0.0435. The zero-order valence-electron chi connectivity index (χ0n) is 14.4. The van der Waals surface area contributed by atoms with E-state index in [0.717, 1.165) is 32.6 Å². The largest absolute Gasteiger partial charge is 0.425 e. The van der Waals surface area contributed by atoms with E-state index in [4.69, 9.17) is 9.15 Å². The van der Waals surface area contributed by atoms with E-state index in [-0.39, 0.29) is 23.3 Å². The van der Waals surface area contributed by atoms with Crippen LogP contribution < -0.4 is 0 Å². The average molecular weight is 322 g/mol. The Bertz CT molecular complexity index is 563. The molecule has 0 radical (unpaired) electrons. The molecule has 0 aliphatic carbocycles. The second-order valence-corrected chi connectivity index (χ2v) is 7.22. The third kappa shape index (κ3) is 2.94. The molecule has 2 fully saturated rings. The fourth-order valence-electron chi connectivity index (χ4n) is 3.64. The standard InChI is InChI=1S/C16H26N4O3/c1-11(2)13-17-18-14(23-13)12-9-20(15(21)19(3)4)10-16(12)5-7-22-8-6-16/h11-12H,5-10H2,1-4H3.